The van der Waals surface area contributed by atoms with Gasteiger partial charge in [-0.2, -0.15) is 0 Å². The molecular formula is C31H56O2. The van der Waals surface area contributed by atoms with Gasteiger partial charge in [-0.25, -0.2) is 0 Å². The summed E-state index contributed by atoms with van der Waals surface area (Å²) in [6, 6.07) is 0. The van der Waals surface area contributed by atoms with E-state index < -0.39 is 0 Å². The average Bonchev–Trinajstić information content (AvgIpc) is 3.14. The Balaban J connectivity index is 1.36. The van der Waals surface area contributed by atoms with Crippen molar-refractivity contribution in [3.05, 3.63) is 0 Å². The third kappa shape index (κ3) is 5.23. The summed E-state index contributed by atoms with van der Waals surface area (Å²) in [5, 5.41) is 9.03. The van der Waals surface area contributed by atoms with Crippen molar-refractivity contribution in [1.29, 1.82) is 0 Å². The lowest BCUT2D eigenvalue weighted by molar-refractivity contribution is -0.137. The van der Waals surface area contributed by atoms with Crippen molar-refractivity contribution in [3.8, 4) is 0 Å². The fraction of sp³-hybridized carbons (Fsp3) is 1.00. The molecule has 0 bridgehead atoms. The Bertz CT molecular complexity index is 616. The summed E-state index contributed by atoms with van der Waals surface area (Å²) in [6.45, 7) is 13.9. The second-order valence-corrected chi connectivity index (χ2v) is 13.9. The summed E-state index contributed by atoms with van der Waals surface area (Å²) in [6.07, 6.45) is 19.6. The predicted octanol–water partition coefficient (Wildman–Crippen LogP) is 8.27. The van der Waals surface area contributed by atoms with Crippen molar-refractivity contribution in [2.24, 2.45) is 52.3 Å². The van der Waals surface area contributed by atoms with Gasteiger partial charge in [-0.1, -0.05) is 53.9 Å². The summed E-state index contributed by atoms with van der Waals surface area (Å²) >= 11 is 0. The molecule has 4 saturated carbocycles. The Hall–Kier alpha value is -0.0800. The maximum atomic E-state index is 9.03. The second-order valence-electron chi connectivity index (χ2n) is 13.9. The fourth-order valence-electron chi connectivity index (χ4n) is 9.86. The number of hydrogen-bond donors (Lipinski definition) is 1. The van der Waals surface area contributed by atoms with Crippen LogP contribution in [0.15, 0.2) is 0 Å². The Morgan fingerprint density at radius 2 is 1.58 bits per heavy atom. The van der Waals surface area contributed by atoms with Crippen molar-refractivity contribution in [2.75, 3.05) is 13.2 Å². The van der Waals surface area contributed by atoms with E-state index in [-0.39, 0.29) is 0 Å². The van der Waals surface area contributed by atoms with Gasteiger partial charge in [0.25, 0.3) is 0 Å². The minimum absolute atomic E-state index is 0.301. The highest BCUT2D eigenvalue weighted by molar-refractivity contribution is 5.09. The van der Waals surface area contributed by atoms with Crippen LogP contribution in [0, 0.1) is 52.3 Å². The lowest BCUT2D eigenvalue weighted by Crippen LogP contribution is -2.54. The number of aliphatic hydroxyl groups is 1. The van der Waals surface area contributed by atoms with Crippen LogP contribution >= 0.6 is 0 Å². The first-order valence-corrected chi connectivity index (χ1v) is 15.0. The van der Waals surface area contributed by atoms with Crippen LogP contribution < -0.4 is 0 Å². The molecule has 0 spiro atoms. The molecule has 0 amide bonds. The van der Waals surface area contributed by atoms with Crippen molar-refractivity contribution in [3.63, 3.8) is 0 Å². The molecule has 0 aliphatic heterocycles. The summed E-state index contributed by atoms with van der Waals surface area (Å²) < 4.78 is 6.28. The topological polar surface area (TPSA) is 29.5 Å². The molecule has 33 heavy (non-hydrogen) atoms. The van der Waals surface area contributed by atoms with Gasteiger partial charge >= 0.3 is 0 Å². The lowest BCUT2D eigenvalue weighted by atomic mass is 9.44. The van der Waals surface area contributed by atoms with Gasteiger partial charge in [0.2, 0.25) is 0 Å². The van der Waals surface area contributed by atoms with Gasteiger partial charge in [0, 0.05) is 13.2 Å². The van der Waals surface area contributed by atoms with E-state index >= 15 is 0 Å². The molecule has 0 aromatic heterocycles. The first-order valence-electron chi connectivity index (χ1n) is 15.0. The number of unbranched alkanes of at least 4 members (excludes halogenated alkanes) is 1. The second kappa shape index (κ2) is 10.9. The molecule has 4 fully saturated rings. The molecule has 0 aromatic carbocycles. The van der Waals surface area contributed by atoms with Gasteiger partial charge in [0.15, 0.2) is 0 Å². The Morgan fingerprint density at radius 1 is 0.818 bits per heavy atom. The third-order valence-electron chi connectivity index (χ3n) is 11.7. The zero-order valence-corrected chi connectivity index (χ0v) is 22.8. The number of aliphatic hydroxyl groups excluding tert-OH is 1. The van der Waals surface area contributed by atoms with Crippen molar-refractivity contribution in [1.82, 2.24) is 0 Å². The third-order valence-corrected chi connectivity index (χ3v) is 11.7. The Morgan fingerprint density at radius 3 is 2.33 bits per heavy atom. The van der Waals surface area contributed by atoms with Crippen molar-refractivity contribution < 1.29 is 9.84 Å². The van der Waals surface area contributed by atoms with E-state index in [0.29, 0.717) is 23.5 Å². The van der Waals surface area contributed by atoms with Crippen LogP contribution in [0.5, 0.6) is 0 Å². The molecule has 4 rings (SSSR count). The lowest BCUT2D eigenvalue weighted by Gasteiger charge is -2.61. The minimum atomic E-state index is 0.301. The van der Waals surface area contributed by atoms with E-state index in [1.807, 2.05) is 0 Å². The first-order chi connectivity index (χ1) is 15.8. The highest BCUT2D eigenvalue weighted by atomic mass is 16.5. The zero-order chi connectivity index (χ0) is 23.6. The SMILES string of the molecule is CC(C)CCC[C@@H](C)[C@H]1CC[C@H]2[C@@H]3CCC4C[C@@H](OCCCCO)CC[C@]4(C)[C@H]3CC[C@]12C. The predicted molar refractivity (Wildman–Crippen MR) is 139 cm³/mol. The molecule has 4 aliphatic carbocycles. The number of fused-ring (bicyclic) bond motifs is 5. The van der Waals surface area contributed by atoms with E-state index in [9.17, 15) is 0 Å². The summed E-state index contributed by atoms with van der Waals surface area (Å²) in [7, 11) is 0. The quantitative estimate of drug-likeness (QED) is 0.332. The van der Waals surface area contributed by atoms with Crippen LogP contribution in [0.2, 0.25) is 0 Å². The van der Waals surface area contributed by atoms with Gasteiger partial charge in [-0.05, 0) is 123 Å². The maximum absolute atomic E-state index is 9.03. The highest BCUT2D eigenvalue weighted by Crippen LogP contribution is 2.68. The smallest absolute Gasteiger partial charge is 0.0578 e. The molecule has 0 aromatic rings. The van der Waals surface area contributed by atoms with E-state index in [0.717, 1.165) is 60.9 Å². The Kier molecular flexibility index (Phi) is 8.58. The molecule has 0 saturated heterocycles. The van der Waals surface area contributed by atoms with E-state index in [1.165, 1.54) is 77.0 Å². The molecule has 1 unspecified atom stereocenters. The molecule has 192 valence electrons. The monoisotopic (exact) mass is 460 g/mol. The van der Waals surface area contributed by atoms with Crippen LogP contribution in [0.3, 0.4) is 0 Å². The average molecular weight is 461 g/mol. The van der Waals surface area contributed by atoms with Gasteiger partial charge in [0.05, 0.1) is 6.10 Å². The van der Waals surface area contributed by atoms with E-state index in [4.69, 9.17) is 9.84 Å². The molecule has 2 nitrogen and oxygen atoms in total. The number of ether oxygens (including phenoxy) is 1. The number of hydrogen-bond acceptors (Lipinski definition) is 2. The summed E-state index contributed by atoms with van der Waals surface area (Å²) in [5.41, 5.74) is 1.19. The van der Waals surface area contributed by atoms with Gasteiger partial charge in [-0.3, -0.25) is 0 Å². The van der Waals surface area contributed by atoms with Gasteiger partial charge in [0.1, 0.15) is 0 Å². The summed E-state index contributed by atoms with van der Waals surface area (Å²) in [4.78, 5) is 0. The van der Waals surface area contributed by atoms with Gasteiger partial charge in [-0.15, -0.1) is 0 Å². The largest absolute Gasteiger partial charge is 0.396 e. The maximum Gasteiger partial charge on any atom is 0.0578 e. The first kappa shape index (κ1) is 26.0. The van der Waals surface area contributed by atoms with Crippen molar-refractivity contribution in [2.45, 2.75) is 131 Å². The highest BCUT2D eigenvalue weighted by Gasteiger charge is 2.60. The summed E-state index contributed by atoms with van der Waals surface area (Å²) in [5.74, 6) is 6.60. The van der Waals surface area contributed by atoms with Gasteiger partial charge < -0.3 is 9.84 Å². The van der Waals surface area contributed by atoms with Crippen LogP contribution in [0.1, 0.15) is 125 Å². The van der Waals surface area contributed by atoms with E-state index in [1.54, 1.807) is 0 Å². The van der Waals surface area contributed by atoms with Crippen molar-refractivity contribution >= 4 is 0 Å². The molecule has 2 heteroatoms. The normalized spacial score (nSPS) is 43.7. The van der Waals surface area contributed by atoms with E-state index in [2.05, 4.69) is 34.6 Å². The molecule has 1 N–H and O–H groups in total. The zero-order valence-electron chi connectivity index (χ0n) is 22.8. The molecule has 0 heterocycles. The minimum Gasteiger partial charge on any atom is -0.396 e. The molecule has 9 atom stereocenters. The van der Waals surface area contributed by atoms with Crippen LogP contribution in [0.25, 0.3) is 0 Å². The molecule has 4 aliphatic rings. The molecular weight excluding hydrogens is 404 g/mol. The molecule has 0 radical (unpaired) electrons. The van der Waals surface area contributed by atoms with Crippen LogP contribution in [0.4, 0.5) is 0 Å². The van der Waals surface area contributed by atoms with Crippen LogP contribution in [-0.4, -0.2) is 24.4 Å². The standard InChI is InChI=1S/C31H56O2/c1-22(2)9-8-10-23(3)27-13-14-28-26-12-11-24-21-25(33-20-7-6-19-32)15-17-30(24,4)29(26)16-18-31(27,28)5/h22-29,32H,6-21H2,1-5H3/t23-,24?,25+,26+,27-,28+,29+,30+,31-/m1/s1. The fourth-order valence-corrected chi connectivity index (χ4v) is 9.86. The van der Waals surface area contributed by atoms with Crippen LogP contribution in [-0.2, 0) is 4.74 Å². The number of rotatable bonds is 10. The Labute approximate surface area is 206 Å².